The van der Waals surface area contributed by atoms with E-state index in [2.05, 4.69) is 12.2 Å². The minimum atomic E-state index is -0.497. The summed E-state index contributed by atoms with van der Waals surface area (Å²) in [6, 6.07) is 0. The minimum Gasteiger partial charge on any atom is -0.444 e. The first-order valence-corrected chi connectivity index (χ1v) is 7.46. The van der Waals surface area contributed by atoms with Crippen LogP contribution in [0.4, 0.5) is 4.79 Å². The molecule has 6 heteroatoms. The smallest absolute Gasteiger partial charge is 0.407 e. The van der Waals surface area contributed by atoms with Crippen LogP contribution in [0.25, 0.3) is 0 Å². The van der Waals surface area contributed by atoms with Crippen LogP contribution in [0, 0.1) is 11.8 Å². The normalized spacial score (nSPS) is 22.8. The molecule has 0 radical (unpaired) electrons. The number of hydrogen-bond donors (Lipinski definition) is 1. The van der Waals surface area contributed by atoms with E-state index in [0.29, 0.717) is 19.0 Å². The zero-order valence-corrected chi connectivity index (χ0v) is 13.8. The largest absolute Gasteiger partial charge is 0.444 e. The lowest BCUT2D eigenvalue weighted by atomic mass is 9.87. The van der Waals surface area contributed by atoms with Crippen LogP contribution >= 0.6 is 0 Å². The number of alkyl carbamates (subject to hydrolysis) is 1. The SMILES string of the molecule is COCC(=O)N1CC[C@@H](C)[C@@H](CNC(=O)OC(C)(C)C)C1. The highest BCUT2D eigenvalue weighted by atomic mass is 16.6. The van der Waals surface area contributed by atoms with Crippen LogP contribution in [0.2, 0.25) is 0 Å². The lowest BCUT2D eigenvalue weighted by Gasteiger charge is -2.37. The number of carbonyl (C=O) groups excluding carboxylic acids is 2. The van der Waals surface area contributed by atoms with Crippen molar-refractivity contribution in [2.75, 3.05) is 33.4 Å². The molecule has 1 heterocycles. The monoisotopic (exact) mass is 300 g/mol. The molecule has 2 atom stereocenters. The Balaban J connectivity index is 2.45. The molecule has 2 amide bonds. The molecular formula is C15H28N2O4. The summed E-state index contributed by atoms with van der Waals surface area (Å²) in [5.74, 6) is 0.713. The Morgan fingerprint density at radius 1 is 1.33 bits per heavy atom. The standard InChI is InChI=1S/C15H28N2O4/c1-11-6-7-17(13(18)10-20-5)9-12(11)8-16-14(19)21-15(2,3)4/h11-12H,6-10H2,1-5H3,(H,16,19)/t11-,12+/m1/s1. The average molecular weight is 300 g/mol. The molecule has 1 fully saturated rings. The first-order valence-electron chi connectivity index (χ1n) is 7.46. The summed E-state index contributed by atoms with van der Waals surface area (Å²) in [5, 5.41) is 2.80. The van der Waals surface area contributed by atoms with Gasteiger partial charge in [-0.2, -0.15) is 0 Å². The number of rotatable bonds is 4. The van der Waals surface area contributed by atoms with E-state index in [-0.39, 0.29) is 18.4 Å². The van der Waals surface area contributed by atoms with Gasteiger partial charge in [0.15, 0.2) is 0 Å². The molecule has 1 rings (SSSR count). The van der Waals surface area contributed by atoms with Crippen molar-refractivity contribution < 1.29 is 19.1 Å². The van der Waals surface area contributed by atoms with Gasteiger partial charge in [-0.25, -0.2) is 4.79 Å². The number of methoxy groups -OCH3 is 1. The molecule has 6 nitrogen and oxygen atoms in total. The Kier molecular flexibility index (Phi) is 6.45. The molecule has 1 aliphatic rings. The zero-order chi connectivity index (χ0) is 16.0. The zero-order valence-electron chi connectivity index (χ0n) is 13.8. The van der Waals surface area contributed by atoms with Gasteiger partial charge >= 0.3 is 6.09 Å². The molecule has 0 spiro atoms. The van der Waals surface area contributed by atoms with Gasteiger partial charge in [0.2, 0.25) is 5.91 Å². The number of carbonyl (C=O) groups is 2. The van der Waals surface area contributed by atoms with Gasteiger partial charge < -0.3 is 19.7 Å². The molecule has 1 saturated heterocycles. The molecule has 122 valence electrons. The first-order chi connectivity index (χ1) is 9.73. The fourth-order valence-corrected chi connectivity index (χ4v) is 2.39. The molecule has 1 N–H and O–H groups in total. The number of piperidine rings is 1. The van der Waals surface area contributed by atoms with Crippen molar-refractivity contribution in [1.29, 1.82) is 0 Å². The number of nitrogens with zero attached hydrogens (tertiary/aromatic N) is 1. The van der Waals surface area contributed by atoms with Crippen LogP contribution in [0.3, 0.4) is 0 Å². The van der Waals surface area contributed by atoms with Gasteiger partial charge in [0.25, 0.3) is 0 Å². The quantitative estimate of drug-likeness (QED) is 0.857. The highest BCUT2D eigenvalue weighted by Gasteiger charge is 2.29. The molecular weight excluding hydrogens is 272 g/mol. The van der Waals surface area contributed by atoms with Crippen LogP contribution in [0.5, 0.6) is 0 Å². The summed E-state index contributed by atoms with van der Waals surface area (Å²) < 4.78 is 10.1. The third-order valence-corrected chi connectivity index (χ3v) is 3.64. The predicted molar refractivity (Wildman–Crippen MR) is 80.0 cm³/mol. The Morgan fingerprint density at radius 2 is 2.00 bits per heavy atom. The van der Waals surface area contributed by atoms with Crippen molar-refractivity contribution in [3.05, 3.63) is 0 Å². The van der Waals surface area contributed by atoms with Crippen molar-refractivity contribution in [2.24, 2.45) is 11.8 Å². The Hall–Kier alpha value is -1.30. The molecule has 0 saturated carbocycles. The second kappa shape index (κ2) is 7.64. The van der Waals surface area contributed by atoms with Gasteiger partial charge in [0.1, 0.15) is 12.2 Å². The minimum absolute atomic E-state index is 0.00617. The molecule has 1 aliphatic heterocycles. The highest BCUT2D eigenvalue weighted by Crippen LogP contribution is 2.22. The van der Waals surface area contributed by atoms with Crippen LogP contribution in [0.1, 0.15) is 34.1 Å². The lowest BCUT2D eigenvalue weighted by Crippen LogP contribution is -2.48. The van der Waals surface area contributed by atoms with Gasteiger partial charge in [-0.1, -0.05) is 6.92 Å². The lowest BCUT2D eigenvalue weighted by molar-refractivity contribution is -0.137. The third kappa shape index (κ3) is 6.33. The van der Waals surface area contributed by atoms with Crippen LogP contribution < -0.4 is 5.32 Å². The van der Waals surface area contributed by atoms with Crippen molar-refractivity contribution in [3.63, 3.8) is 0 Å². The molecule has 0 aromatic heterocycles. The van der Waals surface area contributed by atoms with E-state index >= 15 is 0 Å². The van der Waals surface area contributed by atoms with E-state index in [0.717, 1.165) is 13.0 Å². The van der Waals surface area contributed by atoms with E-state index < -0.39 is 11.7 Å². The molecule has 0 aromatic carbocycles. The number of amides is 2. The second-order valence-corrected chi connectivity index (χ2v) is 6.68. The second-order valence-electron chi connectivity index (χ2n) is 6.68. The van der Waals surface area contributed by atoms with E-state index in [1.807, 2.05) is 25.7 Å². The van der Waals surface area contributed by atoms with Gasteiger partial charge in [-0.3, -0.25) is 4.79 Å². The number of hydrogen-bond acceptors (Lipinski definition) is 4. The predicted octanol–water partition coefficient (Wildman–Crippen LogP) is 1.64. The van der Waals surface area contributed by atoms with Crippen molar-refractivity contribution in [3.8, 4) is 0 Å². The van der Waals surface area contributed by atoms with E-state index in [9.17, 15) is 9.59 Å². The molecule has 0 aliphatic carbocycles. The summed E-state index contributed by atoms with van der Waals surface area (Å²) in [6.07, 6.45) is 0.533. The van der Waals surface area contributed by atoms with Crippen LogP contribution in [-0.2, 0) is 14.3 Å². The van der Waals surface area contributed by atoms with Crippen LogP contribution in [-0.4, -0.2) is 55.9 Å². The van der Waals surface area contributed by atoms with Crippen molar-refractivity contribution in [2.45, 2.75) is 39.7 Å². The molecule has 0 aromatic rings. The Morgan fingerprint density at radius 3 is 2.57 bits per heavy atom. The number of nitrogens with one attached hydrogen (secondary N) is 1. The first kappa shape index (κ1) is 17.8. The van der Waals surface area contributed by atoms with Crippen molar-refractivity contribution >= 4 is 12.0 Å². The fraction of sp³-hybridized carbons (Fsp3) is 0.867. The molecule has 0 bridgehead atoms. The molecule has 0 unspecified atom stereocenters. The van der Waals surface area contributed by atoms with Gasteiger partial charge in [0, 0.05) is 26.7 Å². The highest BCUT2D eigenvalue weighted by molar-refractivity contribution is 5.77. The fourth-order valence-electron chi connectivity index (χ4n) is 2.39. The van der Waals surface area contributed by atoms with Crippen molar-refractivity contribution in [1.82, 2.24) is 10.2 Å². The maximum atomic E-state index is 11.9. The Bertz CT molecular complexity index is 365. The van der Waals surface area contributed by atoms with E-state index in [1.54, 1.807) is 0 Å². The summed E-state index contributed by atoms with van der Waals surface area (Å²) in [4.78, 5) is 25.4. The Labute approximate surface area is 127 Å². The summed E-state index contributed by atoms with van der Waals surface area (Å²) in [5.41, 5.74) is -0.497. The number of likely N-dealkylation sites (tertiary alicyclic amines) is 1. The summed E-state index contributed by atoms with van der Waals surface area (Å²) >= 11 is 0. The molecule has 21 heavy (non-hydrogen) atoms. The van der Waals surface area contributed by atoms with E-state index in [1.165, 1.54) is 7.11 Å². The average Bonchev–Trinajstić information content (AvgIpc) is 2.36. The van der Waals surface area contributed by atoms with Gasteiger partial charge in [-0.05, 0) is 39.0 Å². The maximum Gasteiger partial charge on any atom is 0.407 e. The van der Waals surface area contributed by atoms with Gasteiger partial charge in [0.05, 0.1) is 0 Å². The summed E-state index contributed by atoms with van der Waals surface area (Å²) in [7, 11) is 1.52. The summed E-state index contributed by atoms with van der Waals surface area (Å²) in [6.45, 7) is 9.70. The maximum absolute atomic E-state index is 11.9. The number of ether oxygens (including phenoxy) is 2. The van der Waals surface area contributed by atoms with Crippen LogP contribution in [0.15, 0.2) is 0 Å². The van der Waals surface area contributed by atoms with E-state index in [4.69, 9.17) is 9.47 Å². The third-order valence-electron chi connectivity index (χ3n) is 3.64. The topological polar surface area (TPSA) is 67.9 Å². The van der Waals surface area contributed by atoms with Gasteiger partial charge in [-0.15, -0.1) is 0 Å².